The summed E-state index contributed by atoms with van der Waals surface area (Å²) in [4.78, 5) is 0.558. The third kappa shape index (κ3) is 4.17. The molecule has 0 aromatic heterocycles. The highest BCUT2D eigenvalue weighted by atomic mass is 79.9. The zero-order valence-corrected chi connectivity index (χ0v) is 12.2. The van der Waals surface area contributed by atoms with Gasteiger partial charge >= 0.3 is 0 Å². The first kappa shape index (κ1) is 13.6. The van der Waals surface area contributed by atoms with Gasteiger partial charge in [-0.25, -0.2) is 0 Å². The van der Waals surface area contributed by atoms with Gasteiger partial charge in [-0.3, -0.25) is 0 Å². The number of benzene rings is 1. The van der Waals surface area contributed by atoms with E-state index in [1.807, 2.05) is 12.1 Å². The Balaban J connectivity index is 2.48. The van der Waals surface area contributed by atoms with E-state index in [0.717, 1.165) is 18.6 Å². The van der Waals surface area contributed by atoms with Gasteiger partial charge in [0.15, 0.2) is 0 Å². The maximum absolute atomic E-state index is 5.14. The summed E-state index contributed by atoms with van der Waals surface area (Å²) in [6.07, 6.45) is 2.27. The molecule has 16 heavy (non-hydrogen) atoms. The first-order valence-corrected chi connectivity index (χ1v) is 6.62. The van der Waals surface area contributed by atoms with Crippen LogP contribution in [0.5, 0.6) is 5.75 Å². The molecule has 0 aliphatic carbocycles. The van der Waals surface area contributed by atoms with E-state index in [-0.39, 0.29) is 0 Å². The molecule has 0 radical (unpaired) electrons. The third-order valence-electron chi connectivity index (χ3n) is 2.79. The van der Waals surface area contributed by atoms with E-state index >= 15 is 0 Å². The molecule has 90 valence electrons. The van der Waals surface area contributed by atoms with Crippen LogP contribution in [0.15, 0.2) is 24.3 Å². The number of hydrogen-bond acceptors (Lipinski definition) is 1. The highest BCUT2D eigenvalue weighted by molar-refractivity contribution is 9.09. The summed E-state index contributed by atoms with van der Waals surface area (Å²) in [6, 6.07) is 8.33. The molecule has 1 atom stereocenters. The second-order valence-electron chi connectivity index (χ2n) is 5.22. The fraction of sp³-hybridized carbons (Fsp3) is 0.571. The first-order chi connectivity index (χ1) is 7.43. The van der Waals surface area contributed by atoms with Gasteiger partial charge in [-0.15, -0.1) is 0 Å². The van der Waals surface area contributed by atoms with E-state index in [0.29, 0.717) is 10.2 Å². The third-order valence-corrected chi connectivity index (χ3v) is 4.62. The van der Waals surface area contributed by atoms with Crippen LogP contribution in [0.1, 0.15) is 32.8 Å². The summed E-state index contributed by atoms with van der Waals surface area (Å²) in [5, 5.41) is 0. The number of rotatable bonds is 4. The Labute approximate surface area is 107 Å². The van der Waals surface area contributed by atoms with E-state index in [2.05, 4.69) is 48.8 Å². The van der Waals surface area contributed by atoms with Crippen LogP contribution in [0.2, 0.25) is 0 Å². The van der Waals surface area contributed by atoms with E-state index in [1.165, 1.54) is 5.56 Å². The molecule has 1 unspecified atom stereocenters. The number of halogens is 1. The quantitative estimate of drug-likeness (QED) is 0.743. The zero-order valence-electron chi connectivity index (χ0n) is 10.6. The number of ether oxygens (including phenoxy) is 1. The van der Waals surface area contributed by atoms with Gasteiger partial charge in [0.25, 0.3) is 0 Å². The molecular formula is C14H21BrO. The topological polar surface area (TPSA) is 9.23 Å². The van der Waals surface area contributed by atoms with Crippen LogP contribution >= 0.6 is 15.9 Å². The highest BCUT2D eigenvalue weighted by Gasteiger charge is 2.21. The van der Waals surface area contributed by atoms with Crippen LogP contribution in [-0.2, 0) is 6.42 Å². The first-order valence-electron chi connectivity index (χ1n) is 5.70. The molecule has 0 N–H and O–H groups in total. The summed E-state index contributed by atoms with van der Waals surface area (Å²) >= 11 is 3.76. The monoisotopic (exact) mass is 284 g/mol. The lowest BCUT2D eigenvalue weighted by molar-refractivity contribution is 0.385. The minimum atomic E-state index is 0.326. The van der Waals surface area contributed by atoms with Crippen molar-refractivity contribution in [2.45, 2.75) is 38.4 Å². The molecule has 0 amide bonds. The van der Waals surface area contributed by atoms with Crippen molar-refractivity contribution in [3.8, 4) is 5.75 Å². The smallest absolute Gasteiger partial charge is 0.118 e. The molecular weight excluding hydrogens is 264 g/mol. The Kier molecular flexibility index (Phi) is 4.85. The van der Waals surface area contributed by atoms with Crippen molar-refractivity contribution >= 4 is 15.9 Å². The SMILES string of the molecule is COc1ccc(CCC(Br)C(C)(C)C)cc1. The van der Waals surface area contributed by atoms with Crippen molar-refractivity contribution in [3.05, 3.63) is 29.8 Å². The zero-order chi connectivity index (χ0) is 12.2. The average Bonchev–Trinajstić information content (AvgIpc) is 2.25. The van der Waals surface area contributed by atoms with Gasteiger partial charge in [-0.05, 0) is 36.0 Å². The van der Waals surface area contributed by atoms with Crippen LogP contribution < -0.4 is 4.74 Å². The summed E-state index contributed by atoms with van der Waals surface area (Å²) in [5.74, 6) is 0.926. The maximum atomic E-state index is 5.14. The van der Waals surface area contributed by atoms with Crippen molar-refractivity contribution < 1.29 is 4.74 Å². The van der Waals surface area contributed by atoms with Crippen LogP contribution in [-0.4, -0.2) is 11.9 Å². The Bertz CT molecular complexity index is 311. The Morgan fingerprint density at radius 1 is 1.19 bits per heavy atom. The second-order valence-corrected chi connectivity index (χ2v) is 6.33. The molecule has 2 heteroatoms. The van der Waals surface area contributed by atoms with Crippen molar-refractivity contribution in [3.63, 3.8) is 0 Å². The van der Waals surface area contributed by atoms with Crippen LogP contribution in [0.3, 0.4) is 0 Å². The molecule has 1 rings (SSSR count). The van der Waals surface area contributed by atoms with E-state index in [1.54, 1.807) is 7.11 Å². The van der Waals surface area contributed by atoms with Crippen molar-refractivity contribution in [2.24, 2.45) is 5.41 Å². The maximum Gasteiger partial charge on any atom is 0.118 e. The van der Waals surface area contributed by atoms with Crippen LogP contribution in [0.4, 0.5) is 0 Å². The molecule has 0 bridgehead atoms. The van der Waals surface area contributed by atoms with Gasteiger partial charge in [0.05, 0.1) is 7.11 Å². The molecule has 0 aliphatic rings. The predicted molar refractivity (Wildman–Crippen MR) is 73.5 cm³/mol. The summed E-state index contributed by atoms with van der Waals surface area (Å²) in [6.45, 7) is 6.79. The van der Waals surface area contributed by atoms with Gasteiger partial charge in [0.2, 0.25) is 0 Å². The Hall–Kier alpha value is -0.500. The number of alkyl halides is 1. The van der Waals surface area contributed by atoms with Gasteiger partial charge < -0.3 is 4.74 Å². The summed E-state index contributed by atoms with van der Waals surface area (Å²) < 4.78 is 5.14. The van der Waals surface area contributed by atoms with Crippen molar-refractivity contribution in [1.29, 1.82) is 0 Å². The standard InChI is InChI=1S/C14H21BrO/c1-14(2,3)13(15)10-7-11-5-8-12(16-4)9-6-11/h5-6,8-9,13H,7,10H2,1-4H3. The van der Waals surface area contributed by atoms with Gasteiger partial charge in [-0.2, -0.15) is 0 Å². The fourth-order valence-electron chi connectivity index (χ4n) is 1.52. The molecule has 0 spiro atoms. The molecule has 0 heterocycles. The highest BCUT2D eigenvalue weighted by Crippen LogP contribution is 2.29. The molecule has 0 aliphatic heterocycles. The van der Waals surface area contributed by atoms with Gasteiger partial charge in [-0.1, -0.05) is 48.8 Å². The lowest BCUT2D eigenvalue weighted by atomic mass is 9.89. The van der Waals surface area contributed by atoms with E-state index in [9.17, 15) is 0 Å². The lowest BCUT2D eigenvalue weighted by Gasteiger charge is -2.25. The minimum absolute atomic E-state index is 0.326. The van der Waals surface area contributed by atoms with E-state index < -0.39 is 0 Å². The Morgan fingerprint density at radius 2 is 1.75 bits per heavy atom. The average molecular weight is 285 g/mol. The normalized spacial score (nSPS) is 13.6. The summed E-state index contributed by atoms with van der Waals surface area (Å²) in [7, 11) is 1.70. The molecule has 1 nitrogen and oxygen atoms in total. The number of methoxy groups -OCH3 is 1. The van der Waals surface area contributed by atoms with Gasteiger partial charge in [0.1, 0.15) is 5.75 Å². The molecule has 0 saturated heterocycles. The lowest BCUT2D eigenvalue weighted by Crippen LogP contribution is -2.20. The van der Waals surface area contributed by atoms with Crippen LogP contribution in [0, 0.1) is 5.41 Å². The summed E-state index contributed by atoms with van der Waals surface area (Å²) in [5.41, 5.74) is 1.70. The van der Waals surface area contributed by atoms with Gasteiger partial charge in [0, 0.05) is 4.83 Å². The van der Waals surface area contributed by atoms with E-state index in [4.69, 9.17) is 4.74 Å². The Morgan fingerprint density at radius 3 is 2.19 bits per heavy atom. The number of aryl methyl sites for hydroxylation is 1. The molecule has 0 saturated carbocycles. The van der Waals surface area contributed by atoms with Crippen molar-refractivity contribution in [2.75, 3.05) is 7.11 Å². The second kappa shape index (κ2) is 5.72. The number of hydrogen-bond donors (Lipinski definition) is 0. The molecule has 1 aromatic carbocycles. The largest absolute Gasteiger partial charge is 0.497 e. The minimum Gasteiger partial charge on any atom is -0.497 e. The van der Waals surface area contributed by atoms with Crippen LogP contribution in [0.25, 0.3) is 0 Å². The van der Waals surface area contributed by atoms with Crippen molar-refractivity contribution in [1.82, 2.24) is 0 Å². The predicted octanol–water partition coefficient (Wildman–Crippen LogP) is 4.44. The fourth-order valence-corrected chi connectivity index (χ4v) is 1.75. The molecule has 0 fully saturated rings. The molecule has 1 aromatic rings.